The Morgan fingerprint density at radius 3 is 0.575 bits per heavy atom. The van der Waals surface area contributed by atoms with Gasteiger partial charge in [0.15, 0.2) is 0 Å². The molecule has 0 aliphatic carbocycles. The summed E-state index contributed by atoms with van der Waals surface area (Å²) in [5.74, 6) is 0. The fourth-order valence-electron chi connectivity index (χ4n) is 1.89. The molecule has 0 N–H and O–H groups in total. The molecule has 4 aromatic rings. The number of rotatable bonds is 4. The summed E-state index contributed by atoms with van der Waals surface area (Å²) in [5.41, 5.74) is 4.19. The Hall–Kier alpha value is 2.52. The minimum atomic E-state index is 0. The molecule has 0 aliphatic rings. The van der Waals surface area contributed by atoms with Gasteiger partial charge in [0.05, 0.1) is 0 Å². The summed E-state index contributed by atoms with van der Waals surface area (Å²) >= 11 is 14.8. The van der Waals surface area contributed by atoms with E-state index in [1.807, 2.05) is 72.8 Å². The normalized spacial score (nSPS) is 7.20. The number of aromatic nitrogens is 4. The van der Waals surface area contributed by atoms with E-state index in [1.54, 1.807) is 24.8 Å². The van der Waals surface area contributed by atoms with Crippen LogP contribution in [0.15, 0.2) is 97.6 Å². The van der Waals surface area contributed by atoms with Crippen molar-refractivity contribution < 1.29 is 200 Å². The molecule has 40 heavy (non-hydrogen) atoms. The minimum absolute atomic E-state index is 0. The number of halogens is 8. The zero-order valence-corrected chi connectivity index (χ0v) is 37.4. The van der Waals surface area contributed by atoms with Crippen LogP contribution in [0.3, 0.4) is 0 Å². The van der Waals surface area contributed by atoms with Gasteiger partial charge >= 0.3 is 226 Å². The fraction of sp³-hybridized carbons (Fsp3) is 0.167. The Morgan fingerprint density at radius 1 is 0.325 bits per heavy atom. The maximum atomic E-state index is 4.03. The van der Waals surface area contributed by atoms with E-state index in [-0.39, 0.29) is 136 Å². The van der Waals surface area contributed by atoms with Crippen LogP contribution in [0.4, 0.5) is 0 Å². The number of hydrogen-bond acceptors (Lipinski definition) is 4. The summed E-state index contributed by atoms with van der Waals surface area (Å²) in [7, 11) is 0. The molecule has 0 atom stereocenters. The van der Waals surface area contributed by atoms with E-state index in [1.165, 1.54) is 0 Å². The molecule has 0 aromatic carbocycles. The SMILES string of the molecule is [Br-].[Br-].[Br-].[Br-].[Br-].[Br-].[Br-].[Br-].[Fe+2][CH2]c1ccccn1.[Fe+2][CH2]c1ccccn1.[Fe+2][CH2]c1ccccn1.[Fe+2][CH2]c1ccccn1. The van der Waals surface area contributed by atoms with Crippen molar-refractivity contribution in [2.75, 3.05) is 0 Å². The monoisotopic (exact) mass is 1220 g/mol. The molecular formula is C24H24Br8Fe4N4. The Kier molecular flexibility index (Phi) is 70.6. The van der Waals surface area contributed by atoms with Gasteiger partial charge in [-0.3, -0.25) is 0 Å². The van der Waals surface area contributed by atoms with Crippen LogP contribution >= 0.6 is 0 Å². The molecule has 4 nitrogen and oxygen atoms in total. The first kappa shape index (κ1) is 61.5. The molecule has 0 radical (unpaired) electrons. The molecule has 0 saturated heterocycles. The van der Waals surface area contributed by atoms with Gasteiger partial charge in [0.25, 0.3) is 0 Å². The third kappa shape index (κ3) is 35.0. The zero-order chi connectivity index (χ0) is 23.3. The van der Waals surface area contributed by atoms with E-state index >= 15 is 0 Å². The summed E-state index contributed by atoms with van der Waals surface area (Å²) in [6.07, 6.45) is 7.11. The fourth-order valence-corrected chi connectivity index (χ4v) is 2.81. The van der Waals surface area contributed by atoms with Gasteiger partial charge < -0.3 is 136 Å². The third-order valence-electron chi connectivity index (χ3n) is 3.42. The van der Waals surface area contributed by atoms with Crippen LogP contribution in [0.5, 0.6) is 0 Å². The van der Waals surface area contributed by atoms with E-state index < -0.39 is 0 Å². The van der Waals surface area contributed by atoms with Gasteiger partial charge in [-0.25, -0.2) is 0 Å². The van der Waals surface area contributed by atoms with Crippen LogP contribution in [0.25, 0.3) is 0 Å². The van der Waals surface area contributed by atoms with Crippen molar-refractivity contribution >= 4 is 0 Å². The predicted octanol–water partition coefficient (Wildman–Crippen LogP) is -19.5. The molecule has 0 unspecified atom stereocenters. The van der Waals surface area contributed by atoms with Gasteiger partial charge in [-0.1, -0.05) is 0 Å². The van der Waals surface area contributed by atoms with Crippen LogP contribution < -0.4 is 136 Å². The van der Waals surface area contributed by atoms with Crippen molar-refractivity contribution in [3.8, 4) is 0 Å². The van der Waals surface area contributed by atoms with Gasteiger partial charge in [-0.05, 0) is 0 Å². The first-order valence-corrected chi connectivity index (χ1v) is 12.6. The maximum absolute atomic E-state index is 4.03. The summed E-state index contributed by atoms with van der Waals surface area (Å²) in [6.45, 7) is 0. The second-order valence-corrected chi connectivity index (χ2v) is 7.35. The molecular weight excluding hydrogens is 1210 g/mol. The molecule has 0 fully saturated rings. The average molecular weight is 1230 g/mol. The van der Waals surface area contributed by atoms with E-state index in [0.29, 0.717) is 0 Å². The molecule has 0 bridgehead atoms. The van der Waals surface area contributed by atoms with E-state index in [0.717, 1.165) is 44.1 Å². The van der Waals surface area contributed by atoms with E-state index in [2.05, 4.69) is 84.0 Å². The van der Waals surface area contributed by atoms with Crippen molar-refractivity contribution in [1.82, 2.24) is 19.9 Å². The average Bonchev–Trinajstić information content (AvgIpc) is 2.91. The molecule has 0 spiro atoms. The second-order valence-electron chi connectivity index (χ2n) is 5.78. The summed E-state index contributed by atoms with van der Waals surface area (Å²) in [4.78, 5) is 16.1. The Morgan fingerprint density at radius 2 is 0.500 bits per heavy atom. The van der Waals surface area contributed by atoms with Crippen molar-refractivity contribution in [3.05, 3.63) is 120 Å². The summed E-state index contributed by atoms with van der Waals surface area (Å²) in [6, 6.07) is 23.3. The third-order valence-corrected chi connectivity index (χ3v) is 5.02. The van der Waals surface area contributed by atoms with Crippen LogP contribution in [0, 0.1) is 0 Å². The standard InChI is InChI=1S/4C6H6N.8BrH.4Fe/c4*1-6-4-2-3-5-7-6;;;;;;;;;;;;/h4*2-5H,1H2;8*1H;;;;/q;;;;;;;;;;;;4*+2/p-8. The molecule has 16 heteroatoms. The van der Waals surface area contributed by atoms with Crippen molar-refractivity contribution in [1.29, 1.82) is 0 Å². The van der Waals surface area contributed by atoms with Crippen molar-refractivity contribution in [2.24, 2.45) is 0 Å². The summed E-state index contributed by atoms with van der Waals surface area (Å²) < 4.78 is 0. The summed E-state index contributed by atoms with van der Waals surface area (Å²) in [5, 5.41) is 3.11. The molecule has 4 rings (SSSR count). The second kappa shape index (κ2) is 45.9. The molecule has 0 amide bonds. The first-order chi connectivity index (χ1) is 15.7. The van der Waals surface area contributed by atoms with Crippen LogP contribution in [-0.4, -0.2) is 19.9 Å². The van der Waals surface area contributed by atoms with Crippen molar-refractivity contribution in [3.63, 3.8) is 0 Å². The van der Waals surface area contributed by atoms with Crippen LogP contribution in [-0.2, 0) is 85.3 Å². The van der Waals surface area contributed by atoms with Crippen molar-refractivity contribution in [2.45, 2.75) is 21.3 Å². The molecule has 0 saturated carbocycles. The Balaban J connectivity index is -0.0000000533. The van der Waals surface area contributed by atoms with E-state index in [4.69, 9.17) is 0 Å². The Labute approximate surface area is 356 Å². The molecule has 228 valence electrons. The van der Waals surface area contributed by atoms with Crippen LogP contribution in [0.1, 0.15) is 22.8 Å². The van der Waals surface area contributed by atoms with Crippen LogP contribution in [0.2, 0.25) is 0 Å². The first-order valence-electron chi connectivity index (χ1n) is 9.50. The van der Waals surface area contributed by atoms with Gasteiger partial charge in [0.2, 0.25) is 0 Å². The predicted molar refractivity (Wildman–Crippen MR) is 112 cm³/mol. The van der Waals surface area contributed by atoms with E-state index in [9.17, 15) is 0 Å². The topological polar surface area (TPSA) is 51.6 Å². The van der Waals surface area contributed by atoms with Gasteiger partial charge in [-0.15, -0.1) is 0 Å². The molecule has 0 aliphatic heterocycles. The Bertz CT molecular complexity index is 786. The van der Waals surface area contributed by atoms with Gasteiger partial charge in [0.1, 0.15) is 0 Å². The number of nitrogens with zero attached hydrogens (tertiary/aromatic N) is 4. The zero-order valence-electron chi connectivity index (χ0n) is 20.3. The number of pyridine rings is 4. The van der Waals surface area contributed by atoms with Gasteiger partial charge in [0, 0.05) is 0 Å². The number of hydrogen-bond donors (Lipinski definition) is 0. The molecule has 4 heterocycles. The molecule has 4 aromatic heterocycles. The van der Waals surface area contributed by atoms with Gasteiger partial charge in [-0.2, -0.15) is 0 Å². The quantitative estimate of drug-likeness (QED) is 0.191.